The van der Waals surface area contributed by atoms with Crippen molar-refractivity contribution in [2.75, 3.05) is 17.2 Å². The van der Waals surface area contributed by atoms with Crippen molar-refractivity contribution in [3.63, 3.8) is 0 Å². The lowest BCUT2D eigenvalue weighted by Crippen LogP contribution is -2.08. The number of anilines is 2. The van der Waals surface area contributed by atoms with Crippen LogP contribution in [0.25, 0.3) is 10.9 Å². The summed E-state index contributed by atoms with van der Waals surface area (Å²) in [7, 11) is 0. The summed E-state index contributed by atoms with van der Waals surface area (Å²) in [6, 6.07) is 12.0. The zero-order chi connectivity index (χ0) is 15.2. The van der Waals surface area contributed by atoms with Gasteiger partial charge >= 0.3 is 0 Å². The maximum Gasteiger partial charge on any atom is 0.225 e. The lowest BCUT2D eigenvalue weighted by atomic mass is 10.2. The lowest BCUT2D eigenvalue weighted by molar-refractivity contribution is 0.966. The van der Waals surface area contributed by atoms with E-state index < -0.39 is 0 Å². The van der Waals surface area contributed by atoms with Crippen LogP contribution in [-0.2, 0) is 6.54 Å². The molecule has 0 aliphatic heterocycles. The smallest absolute Gasteiger partial charge is 0.225 e. The van der Waals surface area contributed by atoms with Crippen LogP contribution in [-0.4, -0.2) is 21.5 Å². The molecule has 0 bridgehead atoms. The van der Waals surface area contributed by atoms with E-state index in [1.165, 1.54) is 0 Å². The number of para-hydroxylation sites is 1. The molecule has 0 amide bonds. The predicted octanol–water partition coefficient (Wildman–Crippen LogP) is 3.46. The Kier molecular flexibility index (Phi) is 4.44. The topological polar surface area (TPSA) is 62.7 Å². The highest BCUT2D eigenvalue weighted by Crippen LogP contribution is 2.21. The largest absolute Gasteiger partial charge is 0.369 e. The normalized spacial score (nSPS) is 10.6. The Labute approximate surface area is 129 Å². The summed E-state index contributed by atoms with van der Waals surface area (Å²) in [6.07, 6.45) is 4.66. The van der Waals surface area contributed by atoms with Crippen LogP contribution >= 0.6 is 0 Å². The van der Waals surface area contributed by atoms with Gasteiger partial charge in [-0.1, -0.05) is 25.1 Å². The van der Waals surface area contributed by atoms with Gasteiger partial charge in [-0.15, -0.1) is 0 Å². The molecule has 5 heteroatoms. The fourth-order valence-corrected chi connectivity index (χ4v) is 2.22. The van der Waals surface area contributed by atoms with Crippen molar-refractivity contribution in [2.45, 2.75) is 19.9 Å². The van der Waals surface area contributed by atoms with Gasteiger partial charge in [-0.25, -0.2) is 4.98 Å². The average molecular weight is 293 g/mol. The third kappa shape index (κ3) is 3.31. The Bertz CT molecular complexity index is 742. The molecule has 0 spiro atoms. The van der Waals surface area contributed by atoms with Crippen LogP contribution in [0, 0.1) is 0 Å². The van der Waals surface area contributed by atoms with Crippen molar-refractivity contribution >= 4 is 22.7 Å². The summed E-state index contributed by atoms with van der Waals surface area (Å²) < 4.78 is 0. The maximum absolute atomic E-state index is 4.60. The van der Waals surface area contributed by atoms with Gasteiger partial charge in [0.05, 0.1) is 5.52 Å². The van der Waals surface area contributed by atoms with Crippen LogP contribution in [0.5, 0.6) is 0 Å². The van der Waals surface area contributed by atoms with Crippen LogP contribution in [0.1, 0.15) is 18.9 Å². The van der Waals surface area contributed by atoms with Gasteiger partial charge in [0, 0.05) is 30.9 Å². The van der Waals surface area contributed by atoms with Gasteiger partial charge in [-0.3, -0.25) is 4.98 Å². The molecular formula is C17H19N5. The molecular weight excluding hydrogens is 274 g/mol. The Morgan fingerprint density at radius 1 is 1.00 bits per heavy atom. The molecule has 0 atom stereocenters. The first kappa shape index (κ1) is 14.3. The minimum atomic E-state index is 0.626. The van der Waals surface area contributed by atoms with E-state index in [-0.39, 0.29) is 0 Å². The van der Waals surface area contributed by atoms with Crippen LogP contribution in [0.15, 0.2) is 48.8 Å². The summed E-state index contributed by atoms with van der Waals surface area (Å²) in [6.45, 7) is 3.68. The number of hydrogen-bond acceptors (Lipinski definition) is 5. The molecule has 0 radical (unpaired) electrons. The molecule has 0 saturated heterocycles. The zero-order valence-corrected chi connectivity index (χ0v) is 12.6. The molecule has 0 unspecified atom stereocenters. The second kappa shape index (κ2) is 6.85. The highest BCUT2D eigenvalue weighted by Gasteiger charge is 2.06. The van der Waals surface area contributed by atoms with Crippen LogP contribution in [0.3, 0.4) is 0 Å². The number of nitrogens with zero attached hydrogens (tertiary/aromatic N) is 3. The van der Waals surface area contributed by atoms with Gasteiger partial charge in [0.1, 0.15) is 5.82 Å². The highest BCUT2D eigenvalue weighted by molar-refractivity contribution is 5.89. The molecule has 0 saturated carbocycles. The SMILES string of the molecule is CCCNc1nc(NCc2cccnc2)nc2ccccc12. The van der Waals surface area contributed by atoms with Crippen molar-refractivity contribution in [3.05, 3.63) is 54.4 Å². The number of aromatic nitrogens is 3. The van der Waals surface area contributed by atoms with Crippen molar-refractivity contribution in [3.8, 4) is 0 Å². The Morgan fingerprint density at radius 3 is 2.73 bits per heavy atom. The van der Waals surface area contributed by atoms with Crippen LogP contribution < -0.4 is 10.6 Å². The minimum Gasteiger partial charge on any atom is -0.369 e. The average Bonchev–Trinajstić information content (AvgIpc) is 2.58. The molecule has 5 nitrogen and oxygen atoms in total. The van der Waals surface area contributed by atoms with Gasteiger partial charge in [-0.05, 0) is 30.2 Å². The number of hydrogen-bond donors (Lipinski definition) is 2. The molecule has 3 aromatic rings. The number of nitrogens with one attached hydrogen (secondary N) is 2. The van der Waals surface area contributed by atoms with Gasteiger partial charge in [0.15, 0.2) is 0 Å². The van der Waals surface area contributed by atoms with Gasteiger partial charge < -0.3 is 10.6 Å². The molecule has 112 valence electrons. The molecule has 0 aliphatic rings. The Balaban J connectivity index is 1.86. The number of benzene rings is 1. The number of pyridine rings is 1. The van der Waals surface area contributed by atoms with Crippen molar-refractivity contribution in [1.29, 1.82) is 0 Å². The van der Waals surface area contributed by atoms with Crippen molar-refractivity contribution in [2.24, 2.45) is 0 Å². The number of fused-ring (bicyclic) bond motifs is 1. The van der Waals surface area contributed by atoms with E-state index in [2.05, 4.69) is 32.5 Å². The second-order valence-electron chi connectivity index (χ2n) is 5.05. The van der Waals surface area contributed by atoms with E-state index >= 15 is 0 Å². The summed E-state index contributed by atoms with van der Waals surface area (Å²) in [5, 5.41) is 7.68. The predicted molar refractivity (Wildman–Crippen MR) is 89.9 cm³/mol. The van der Waals surface area contributed by atoms with E-state index in [0.717, 1.165) is 35.2 Å². The van der Waals surface area contributed by atoms with Crippen LogP contribution in [0.4, 0.5) is 11.8 Å². The zero-order valence-electron chi connectivity index (χ0n) is 12.6. The summed E-state index contributed by atoms with van der Waals surface area (Å²) in [4.78, 5) is 13.3. The first-order chi connectivity index (χ1) is 10.9. The minimum absolute atomic E-state index is 0.626. The molecule has 2 aromatic heterocycles. The summed E-state index contributed by atoms with van der Waals surface area (Å²) in [5.74, 6) is 1.50. The third-order valence-electron chi connectivity index (χ3n) is 3.32. The Morgan fingerprint density at radius 2 is 1.91 bits per heavy atom. The second-order valence-corrected chi connectivity index (χ2v) is 5.05. The molecule has 0 aliphatic carbocycles. The summed E-state index contributed by atoms with van der Waals surface area (Å²) in [5.41, 5.74) is 2.03. The highest BCUT2D eigenvalue weighted by atomic mass is 15.1. The maximum atomic E-state index is 4.60. The van der Waals surface area contributed by atoms with Crippen LogP contribution in [0.2, 0.25) is 0 Å². The van der Waals surface area contributed by atoms with E-state index in [0.29, 0.717) is 12.5 Å². The first-order valence-electron chi connectivity index (χ1n) is 7.50. The van der Waals surface area contributed by atoms with E-state index in [1.54, 1.807) is 6.20 Å². The first-order valence-corrected chi connectivity index (χ1v) is 7.50. The van der Waals surface area contributed by atoms with Gasteiger partial charge in [0.2, 0.25) is 5.95 Å². The Hall–Kier alpha value is -2.69. The molecule has 22 heavy (non-hydrogen) atoms. The third-order valence-corrected chi connectivity index (χ3v) is 3.32. The van der Waals surface area contributed by atoms with Crippen molar-refractivity contribution < 1.29 is 0 Å². The molecule has 2 N–H and O–H groups in total. The van der Waals surface area contributed by atoms with E-state index in [4.69, 9.17) is 0 Å². The molecule has 3 rings (SSSR count). The standard InChI is InChI=1S/C17H19N5/c1-2-9-19-16-14-7-3-4-8-15(14)21-17(22-16)20-12-13-6-5-10-18-11-13/h3-8,10-11H,2,9,12H2,1H3,(H2,19,20,21,22). The van der Waals surface area contributed by atoms with Crippen molar-refractivity contribution in [1.82, 2.24) is 15.0 Å². The lowest BCUT2D eigenvalue weighted by Gasteiger charge is -2.11. The monoisotopic (exact) mass is 293 g/mol. The van der Waals surface area contributed by atoms with Gasteiger partial charge in [0.25, 0.3) is 0 Å². The molecule has 2 heterocycles. The fourth-order valence-electron chi connectivity index (χ4n) is 2.22. The quantitative estimate of drug-likeness (QED) is 0.728. The summed E-state index contributed by atoms with van der Waals surface area (Å²) >= 11 is 0. The fraction of sp³-hybridized carbons (Fsp3) is 0.235. The number of rotatable bonds is 6. The molecule has 1 aromatic carbocycles. The molecule has 0 fully saturated rings. The van der Waals surface area contributed by atoms with E-state index in [9.17, 15) is 0 Å². The van der Waals surface area contributed by atoms with Gasteiger partial charge in [-0.2, -0.15) is 4.98 Å². The van der Waals surface area contributed by atoms with E-state index in [1.807, 2.05) is 42.6 Å².